The number of hydrogen-bond donors (Lipinski definition) is 3. The van der Waals surface area contributed by atoms with Crippen LogP contribution in [0.3, 0.4) is 0 Å². The second kappa shape index (κ2) is 15.4. The van der Waals surface area contributed by atoms with Crippen molar-refractivity contribution in [2.75, 3.05) is 13.2 Å². The van der Waals surface area contributed by atoms with Gasteiger partial charge in [-0.1, -0.05) is 0 Å². The zero-order chi connectivity index (χ0) is 32.8. The van der Waals surface area contributed by atoms with Gasteiger partial charge in [0.05, 0.1) is 29.0 Å². The summed E-state index contributed by atoms with van der Waals surface area (Å²) in [6, 6.07) is 8.74. The molecule has 0 amide bonds. The fraction of sp³-hybridized carbons (Fsp3) is 0.556. The molecule has 0 radical (unpaired) electrons. The summed E-state index contributed by atoms with van der Waals surface area (Å²) in [5, 5.41) is 11.5. The zero-order valence-electron chi connectivity index (χ0n) is 27.7. The van der Waals surface area contributed by atoms with Crippen LogP contribution >= 0.6 is 7.82 Å². The summed E-state index contributed by atoms with van der Waals surface area (Å²) in [5.41, 5.74) is 9.54. The monoisotopic (exact) mass is 648 g/mol. The maximum absolute atomic E-state index is 10.7. The van der Waals surface area contributed by atoms with Crippen molar-refractivity contribution in [1.82, 2.24) is 19.9 Å². The molecule has 46 heavy (non-hydrogen) atoms. The molecule has 2 aromatic heterocycles. The predicted octanol–water partition coefficient (Wildman–Crippen LogP) is 7.92. The van der Waals surface area contributed by atoms with E-state index < -0.39 is 7.82 Å². The highest BCUT2D eigenvalue weighted by molar-refractivity contribution is 7.46. The van der Waals surface area contributed by atoms with Gasteiger partial charge in [0.2, 0.25) is 0 Å². The Morgan fingerprint density at radius 1 is 0.652 bits per heavy atom. The van der Waals surface area contributed by atoms with Crippen LogP contribution in [0.25, 0.3) is 21.8 Å². The van der Waals surface area contributed by atoms with Crippen LogP contribution in [-0.4, -0.2) is 48.0 Å². The number of phosphoric ester groups is 1. The third-order valence-electron chi connectivity index (χ3n) is 10.4. The van der Waals surface area contributed by atoms with Gasteiger partial charge in [0.25, 0.3) is 0 Å². The standard InChI is InChI=1S/C18H25N2O4P.C18H24N2O/c1-12-9-16-17(10-13(12)2)19-11-20-18(16)15-5-3-14(4-6-15)7-8-24-25(21,22)23;1-12-9-16-17(10-13(12)2)19-11-20-18(16)15-5-3-14(4-6-15)7-8-21/h9-11,14-15H,3-8H2,1-2H3,(H2,21,22,23);9-11,14-15,21H,3-8H2,1-2H3. The van der Waals surface area contributed by atoms with Crippen molar-refractivity contribution >= 4 is 29.6 Å². The third kappa shape index (κ3) is 8.75. The first kappa shape index (κ1) is 34.5. The van der Waals surface area contributed by atoms with Crippen LogP contribution in [0.5, 0.6) is 0 Å². The number of benzene rings is 2. The first-order chi connectivity index (χ1) is 22.0. The van der Waals surface area contributed by atoms with E-state index in [1.54, 1.807) is 12.7 Å². The fourth-order valence-corrected chi connectivity index (χ4v) is 7.64. The number of hydrogen-bond acceptors (Lipinski definition) is 7. The summed E-state index contributed by atoms with van der Waals surface area (Å²) in [6.45, 7) is 8.95. The van der Waals surface area contributed by atoms with Crippen LogP contribution in [0.4, 0.5) is 0 Å². The van der Waals surface area contributed by atoms with E-state index in [0.29, 0.717) is 36.7 Å². The van der Waals surface area contributed by atoms with Crippen LogP contribution in [-0.2, 0) is 9.09 Å². The maximum Gasteiger partial charge on any atom is 0.469 e. The largest absolute Gasteiger partial charge is 0.469 e. The molecule has 0 atom stereocenters. The Kier molecular flexibility index (Phi) is 11.6. The number of phosphoric acid groups is 1. The van der Waals surface area contributed by atoms with Gasteiger partial charge in [-0.2, -0.15) is 0 Å². The van der Waals surface area contributed by atoms with E-state index in [9.17, 15) is 4.57 Å². The van der Waals surface area contributed by atoms with Crippen LogP contribution in [0.15, 0.2) is 36.9 Å². The Balaban J connectivity index is 0.000000184. The van der Waals surface area contributed by atoms with E-state index in [1.165, 1.54) is 59.0 Å². The number of aromatic nitrogens is 4. The zero-order valence-corrected chi connectivity index (χ0v) is 28.5. The van der Waals surface area contributed by atoms with Crippen LogP contribution in [0.1, 0.15) is 110 Å². The normalized spacial score (nSPS) is 22.1. The summed E-state index contributed by atoms with van der Waals surface area (Å²) >= 11 is 0. The number of aliphatic hydroxyl groups excluding tert-OH is 1. The van der Waals surface area contributed by atoms with Crippen molar-refractivity contribution in [3.05, 3.63) is 70.6 Å². The summed E-state index contributed by atoms with van der Waals surface area (Å²) in [4.78, 5) is 35.6. The van der Waals surface area contributed by atoms with Gasteiger partial charge in [-0.15, -0.1) is 0 Å². The van der Waals surface area contributed by atoms with Crippen molar-refractivity contribution in [3.63, 3.8) is 0 Å². The van der Waals surface area contributed by atoms with E-state index in [-0.39, 0.29) is 6.61 Å². The molecule has 2 aliphatic carbocycles. The number of nitrogens with zero attached hydrogens (tertiary/aromatic N) is 4. The lowest BCUT2D eigenvalue weighted by atomic mass is 9.78. The van der Waals surface area contributed by atoms with Gasteiger partial charge in [-0.25, -0.2) is 24.5 Å². The molecule has 0 spiro atoms. The van der Waals surface area contributed by atoms with Gasteiger partial charge < -0.3 is 14.9 Å². The molecule has 2 fully saturated rings. The van der Waals surface area contributed by atoms with E-state index in [2.05, 4.69) is 76.4 Å². The van der Waals surface area contributed by atoms with Crippen molar-refractivity contribution in [2.24, 2.45) is 11.8 Å². The summed E-state index contributed by atoms with van der Waals surface area (Å²) < 4.78 is 15.3. The Morgan fingerprint density at radius 3 is 1.48 bits per heavy atom. The topological polar surface area (TPSA) is 139 Å². The smallest absolute Gasteiger partial charge is 0.396 e. The molecule has 0 bridgehead atoms. The Hall–Kier alpha value is -2.81. The molecule has 9 nitrogen and oxygen atoms in total. The minimum atomic E-state index is -4.35. The van der Waals surface area contributed by atoms with Crippen molar-refractivity contribution in [1.29, 1.82) is 0 Å². The highest BCUT2D eigenvalue weighted by Crippen LogP contribution is 2.41. The Morgan fingerprint density at radius 2 is 1.07 bits per heavy atom. The number of fused-ring (bicyclic) bond motifs is 2. The summed E-state index contributed by atoms with van der Waals surface area (Å²) in [7, 11) is -4.35. The highest BCUT2D eigenvalue weighted by Gasteiger charge is 2.26. The molecule has 6 rings (SSSR count). The molecule has 2 aliphatic rings. The van der Waals surface area contributed by atoms with Gasteiger partial charge in [-0.3, -0.25) is 4.52 Å². The lowest BCUT2D eigenvalue weighted by Gasteiger charge is -2.28. The molecule has 248 valence electrons. The quantitative estimate of drug-likeness (QED) is 0.163. The van der Waals surface area contributed by atoms with E-state index in [1.807, 2.05) is 0 Å². The molecule has 2 aromatic carbocycles. The number of rotatable bonds is 8. The van der Waals surface area contributed by atoms with Gasteiger partial charge in [0, 0.05) is 29.2 Å². The molecular weight excluding hydrogens is 599 g/mol. The molecule has 3 N–H and O–H groups in total. The molecule has 0 saturated heterocycles. The first-order valence-electron chi connectivity index (χ1n) is 16.8. The summed E-state index contributed by atoms with van der Waals surface area (Å²) in [5.74, 6) is 2.13. The lowest BCUT2D eigenvalue weighted by Crippen LogP contribution is -2.16. The van der Waals surface area contributed by atoms with E-state index >= 15 is 0 Å². The van der Waals surface area contributed by atoms with Crippen LogP contribution in [0, 0.1) is 39.5 Å². The molecule has 2 saturated carbocycles. The number of aliphatic hydroxyl groups is 1. The van der Waals surface area contributed by atoms with E-state index in [4.69, 9.17) is 14.9 Å². The van der Waals surface area contributed by atoms with Gasteiger partial charge in [0.1, 0.15) is 12.7 Å². The van der Waals surface area contributed by atoms with Gasteiger partial charge in [-0.05, 0) is 150 Å². The number of aryl methyl sites for hydroxylation is 4. The Bertz CT molecular complexity index is 1680. The fourth-order valence-electron chi connectivity index (χ4n) is 7.29. The van der Waals surface area contributed by atoms with Crippen LogP contribution < -0.4 is 0 Å². The van der Waals surface area contributed by atoms with Crippen LogP contribution in [0.2, 0.25) is 0 Å². The van der Waals surface area contributed by atoms with Gasteiger partial charge in [0.15, 0.2) is 0 Å². The van der Waals surface area contributed by atoms with Crippen molar-refractivity contribution in [2.45, 2.75) is 104 Å². The molecule has 2 heterocycles. The van der Waals surface area contributed by atoms with Crippen molar-refractivity contribution < 1.29 is 24.0 Å². The first-order valence-corrected chi connectivity index (χ1v) is 18.3. The predicted molar refractivity (Wildman–Crippen MR) is 182 cm³/mol. The second-order valence-corrected chi connectivity index (χ2v) is 14.7. The molecule has 0 aliphatic heterocycles. The maximum atomic E-state index is 10.7. The Labute approximate surface area is 272 Å². The lowest BCUT2D eigenvalue weighted by molar-refractivity contribution is 0.173. The minimum Gasteiger partial charge on any atom is -0.396 e. The van der Waals surface area contributed by atoms with Crippen molar-refractivity contribution in [3.8, 4) is 0 Å². The molecule has 10 heteroatoms. The molecular formula is C36H49N4O5P. The summed E-state index contributed by atoms with van der Waals surface area (Å²) in [6.07, 6.45) is 14.0. The average Bonchev–Trinajstić information content (AvgIpc) is 3.02. The molecule has 4 aromatic rings. The van der Waals surface area contributed by atoms with Gasteiger partial charge >= 0.3 is 7.82 Å². The minimum absolute atomic E-state index is 0.120. The SMILES string of the molecule is Cc1cc2ncnc(C3CCC(CCO)CC3)c2cc1C.Cc1cc2ncnc(C3CCC(CCOP(=O)(O)O)CC3)c2cc1C. The third-order valence-corrected chi connectivity index (χ3v) is 10.9. The second-order valence-electron chi connectivity index (χ2n) is 13.5. The van der Waals surface area contributed by atoms with E-state index in [0.717, 1.165) is 54.2 Å². The highest BCUT2D eigenvalue weighted by atomic mass is 31.2. The molecule has 0 unspecified atom stereocenters. The average molecular weight is 649 g/mol.